The molecule has 0 amide bonds. The first-order valence-corrected chi connectivity index (χ1v) is 6.67. The summed E-state index contributed by atoms with van der Waals surface area (Å²) in [5.41, 5.74) is -1.17. The number of benzene rings is 1. The third kappa shape index (κ3) is 3.44. The van der Waals surface area contributed by atoms with E-state index in [0.717, 1.165) is 18.4 Å². The van der Waals surface area contributed by atoms with Crippen molar-refractivity contribution >= 4 is 34.9 Å². The van der Waals surface area contributed by atoms with Crippen molar-refractivity contribution in [2.24, 2.45) is 0 Å². The lowest BCUT2D eigenvalue weighted by atomic mass is 10.2. The zero-order valence-corrected chi connectivity index (χ0v) is 12.3. The second-order valence-electron chi connectivity index (χ2n) is 4.02. The van der Waals surface area contributed by atoms with Gasteiger partial charge in [-0.15, -0.1) is 11.6 Å². The Kier molecular flexibility index (Phi) is 4.79. The van der Waals surface area contributed by atoms with Crippen LogP contribution < -0.4 is 10.2 Å². The first-order chi connectivity index (χ1) is 10.4. The first-order valence-electron chi connectivity index (χ1n) is 5.76. The zero-order chi connectivity index (χ0) is 16.3. The Labute approximate surface area is 133 Å². The smallest absolute Gasteiger partial charge is 0.344 e. The van der Waals surface area contributed by atoms with E-state index in [-0.39, 0.29) is 28.0 Å². The van der Waals surface area contributed by atoms with E-state index in [4.69, 9.17) is 32.4 Å². The zero-order valence-electron chi connectivity index (χ0n) is 10.7. The van der Waals surface area contributed by atoms with Gasteiger partial charge in [-0.25, -0.2) is 4.79 Å². The van der Waals surface area contributed by atoms with Crippen molar-refractivity contribution in [2.75, 3.05) is 0 Å². The van der Waals surface area contributed by atoms with Crippen LogP contribution >= 0.6 is 23.2 Å². The molecule has 1 heterocycles. The molecule has 0 aliphatic heterocycles. The molecule has 0 atom stereocenters. The van der Waals surface area contributed by atoms with Gasteiger partial charge in [0.25, 0.3) is 5.69 Å². The van der Waals surface area contributed by atoms with E-state index in [2.05, 4.69) is 0 Å². The molecule has 1 aromatic heterocycles. The molecular formula is C13H7Cl2NO6. The minimum atomic E-state index is -0.953. The number of nitro groups is 1. The molecule has 1 aromatic carbocycles. The predicted octanol–water partition coefficient (Wildman–Crippen LogP) is 3.16. The van der Waals surface area contributed by atoms with Gasteiger partial charge in [-0.05, 0) is 12.1 Å². The Morgan fingerprint density at radius 1 is 1.36 bits per heavy atom. The van der Waals surface area contributed by atoms with Crippen LogP contribution in [0, 0.1) is 10.1 Å². The molecule has 22 heavy (non-hydrogen) atoms. The number of nitrogens with zero attached hydrogens (tertiary/aromatic N) is 1. The van der Waals surface area contributed by atoms with Crippen molar-refractivity contribution < 1.29 is 18.9 Å². The number of esters is 1. The maximum Gasteiger partial charge on any atom is 0.344 e. The highest BCUT2D eigenvalue weighted by Gasteiger charge is 2.18. The van der Waals surface area contributed by atoms with E-state index in [1.807, 2.05) is 0 Å². The average molecular weight is 344 g/mol. The number of hydrogen-bond acceptors (Lipinski definition) is 6. The number of ether oxygens (including phenoxy) is 1. The lowest BCUT2D eigenvalue weighted by molar-refractivity contribution is -0.384. The van der Waals surface area contributed by atoms with Crippen molar-refractivity contribution in [1.82, 2.24) is 0 Å². The van der Waals surface area contributed by atoms with E-state index in [1.54, 1.807) is 0 Å². The van der Waals surface area contributed by atoms with Crippen LogP contribution in [0.4, 0.5) is 5.69 Å². The van der Waals surface area contributed by atoms with Crippen LogP contribution in [0.15, 0.2) is 39.7 Å². The summed E-state index contributed by atoms with van der Waals surface area (Å²) in [5, 5.41) is 10.7. The topological polar surface area (TPSA) is 99.7 Å². The van der Waals surface area contributed by atoms with E-state index in [9.17, 15) is 19.7 Å². The summed E-state index contributed by atoms with van der Waals surface area (Å²) in [6.07, 6.45) is 0.947. The second kappa shape index (κ2) is 6.59. The lowest BCUT2D eigenvalue weighted by Crippen LogP contribution is -2.14. The molecule has 0 saturated heterocycles. The summed E-state index contributed by atoms with van der Waals surface area (Å²) >= 11 is 11.1. The van der Waals surface area contributed by atoms with E-state index < -0.39 is 22.0 Å². The van der Waals surface area contributed by atoms with Gasteiger partial charge < -0.3 is 9.15 Å². The third-order valence-corrected chi connectivity index (χ3v) is 3.15. The van der Waals surface area contributed by atoms with Crippen molar-refractivity contribution in [2.45, 2.75) is 5.88 Å². The molecule has 114 valence electrons. The molecule has 0 aliphatic rings. The monoisotopic (exact) mass is 343 g/mol. The Balaban J connectivity index is 2.28. The summed E-state index contributed by atoms with van der Waals surface area (Å²) in [6, 6.07) is 4.47. The Morgan fingerprint density at radius 2 is 2.09 bits per heavy atom. The van der Waals surface area contributed by atoms with E-state index >= 15 is 0 Å². The fourth-order valence-electron chi connectivity index (χ4n) is 1.52. The number of nitro benzene ring substituents is 1. The summed E-state index contributed by atoms with van der Waals surface area (Å²) in [6.45, 7) is 0. The SMILES string of the molecule is O=C(Oc1coc(CCl)cc1=O)c1ccc(Cl)c([N+](=O)[O-])c1. The van der Waals surface area contributed by atoms with Crippen molar-refractivity contribution in [3.8, 4) is 5.75 Å². The minimum Gasteiger partial charge on any atom is -0.464 e. The van der Waals surface area contributed by atoms with Gasteiger partial charge in [0.05, 0.1) is 16.4 Å². The Morgan fingerprint density at radius 3 is 2.68 bits per heavy atom. The maximum absolute atomic E-state index is 11.9. The van der Waals surface area contributed by atoms with Gasteiger partial charge in [0.15, 0.2) is 0 Å². The number of carbonyl (C=O) groups excluding carboxylic acids is 1. The molecule has 0 aliphatic carbocycles. The van der Waals surface area contributed by atoms with Crippen molar-refractivity contribution in [3.63, 3.8) is 0 Å². The third-order valence-electron chi connectivity index (χ3n) is 2.57. The predicted molar refractivity (Wildman–Crippen MR) is 77.6 cm³/mol. The highest BCUT2D eigenvalue weighted by molar-refractivity contribution is 6.32. The fourth-order valence-corrected chi connectivity index (χ4v) is 1.85. The van der Waals surface area contributed by atoms with Gasteiger partial charge in [-0.3, -0.25) is 14.9 Å². The average Bonchev–Trinajstić information content (AvgIpc) is 2.49. The largest absolute Gasteiger partial charge is 0.464 e. The molecule has 0 saturated carbocycles. The Bertz CT molecular complexity index is 801. The molecule has 2 rings (SSSR count). The highest BCUT2D eigenvalue weighted by Crippen LogP contribution is 2.25. The van der Waals surface area contributed by atoms with Gasteiger partial charge in [0.2, 0.25) is 11.2 Å². The molecule has 0 spiro atoms. The normalized spacial score (nSPS) is 10.3. The van der Waals surface area contributed by atoms with Gasteiger partial charge in [0.1, 0.15) is 17.0 Å². The standard InChI is InChI=1S/C13H7Cl2NO6/c14-5-8-4-11(17)12(6-21-8)22-13(18)7-1-2-9(15)10(3-7)16(19)20/h1-4,6H,5H2. The van der Waals surface area contributed by atoms with Crippen LogP contribution in [-0.2, 0) is 5.88 Å². The molecule has 0 unspecified atom stereocenters. The van der Waals surface area contributed by atoms with E-state index in [1.165, 1.54) is 12.1 Å². The van der Waals surface area contributed by atoms with Gasteiger partial charge in [-0.1, -0.05) is 11.6 Å². The summed E-state index contributed by atoms with van der Waals surface area (Å²) < 4.78 is 9.82. The molecule has 0 bridgehead atoms. The summed E-state index contributed by atoms with van der Waals surface area (Å²) in [4.78, 5) is 33.6. The van der Waals surface area contributed by atoms with Crippen molar-refractivity contribution in [1.29, 1.82) is 0 Å². The molecule has 0 radical (unpaired) electrons. The molecule has 0 fully saturated rings. The highest BCUT2D eigenvalue weighted by atomic mass is 35.5. The van der Waals surface area contributed by atoms with Crippen LogP contribution in [0.1, 0.15) is 16.1 Å². The summed E-state index contributed by atoms with van der Waals surface area (Å²) in [7, 11) is 0. The lowest BCUT2D eigenvalue weighted by Gasteiger charge is -2.04. The first kappa shape index (κ1) is 16.0. The molecule has 2 aromatic rings. The number of rotatable bonds is 4. The number of halogens is 2. The van der Waals surface area contributed by atoms with Crippen LogP contribution in [0.2, 0.25) is 5.02 Å². The fraction of sp³-hybridized carbons (Fsp3) is 0.0769. The molecular weight excluding hydrogens is 337 g/mol. The van der Waals surface area contributed by atoms with Crippen LogP contribution in [0.5, 0.6) is 5.75 Å². The van der Waals surface area contributed by atoms with Crippen LogP contribution in [0.25, 0.3) is 0 Å². The molecule has 0 N–H and O–H groups in total. The Hall–Kier alpha value is -2.38. The number of hydrogen-bond donors (Lipinski definition) is 0. The van der Waals surface area contributed by atoms with Gasteiger partial charge in [-0.2, -0.15) is 0 Å². The maximum atomic E-state index is 11.9. The van der Waals surface area contributed by atoms with Gasteiger partial charge in [0, 0.05) is 12.1 Å². The number of alkyl halides is 1. The van der Waals surface area contributed by atoms with Crippen molar-refractivity contribution in [3.05, 3.63) is 67.2 Å². The second-order valence-corrected chi connectivity index (χ2v) is 4.70. The quantitative estimate of drug-likeness (QED) is 0.366. The van der Waals surface area contributed by atoms with E-state index in [0.29, 0.717) is 0 Å². The molecule has 7 nitrogen and oxygen atoms in total. The molecule has 9 heteroatoms. The van der Waals surface area contributed by atoms with Gasteiger partial charge >= 0.3 is 5.97 Å². The minimum absolute atomic E-state index is 0.00710. The van der Waals surface area contributed by atoms with Crippen LogP contribution in [0.3, 0.4) is 0 Å². The van der Waals surface area contributed by atoms with Crippen LogP contribution in [-0.4, -0.2) is 10.9 Å². The summed E-state index contributed by atoms with van der Waals surface area (Å²) in [5.74, 6) is -1.09. The number of carbonyl (C=O) groups is 1.